The summed E-state index contributed by atoms with van der Waals surface area (Å²) >= 11 is 12.4. The van der Waals surface area contributed by atoms with Crippen LogP contribution in [0.2, 0.25) is 10.0 Å². The predicted molar refractivity (Wildman–Crippen MR) is 135 cm³/mol. The molecule has 0 aliphatic carbocycles. The zero-order chi connectivity index (χ0) is 22.7. The maximum atomic E-state index is 9.79. The fraction of sp³-hybridized carbons (Fsp3) is 0.0385. The summed E-state index contributed by atoms with van der Waals surface area (Å²) in [5, 5.41) is 15.2. The molecule has 1 heterocycles. The average Bonchev–Trinajstić information content (AvgIpc) is 3.13. The third kappa shape index (κ3) is 4.50. The summed E-state index contributed by atoms with van der Waals surface area (Å²) in [7, 11) is 0. The Balaban J connectivity index is 1.70. The number of hydrogen-bond donors (Lipinski definition) is 2. The fourth-order valence-electron chi connectivity index (χ4n) is 3.54. The van der Waals surface area contributed by atoms with E-state index in [9.17, 15) is 5.26 Å². The maximum absolute atomic E-state index is 9.79. The van der Waals surface area contributed by atoms with Gasteiger partial charge < -0.3 is 15.6 Å². The summed E-state index contributed by atoms with van der Waals surface area (Å²) in [6.07, 6.45) is 3.84. The SMILES string of the molecule is C=C(Nc1ccccc1N)/C(C#N)=C/c1cn(Cc2ccc(Cl)cc2Cl)c2ccccc12. The van der Waals surface area contributed by atoms with Crippen LogP contribution < -0.4 is 11.1 Å². The van der Waals surface area contributed by atoms with Crippen LogP contribution in [-0.4, -0.2) is 4.57 Å². The van der Waals surface area contributed by atoms with Gasteiger partial charge in [-0.2, -0.15) is 5.26 Å². The first-order valence-electron chi connectivity index (χ1n) is 9.90. The van der Waals surface area contributed by atoms with Crippen LogP contribution in [0.5, 0.6) is 0 Å². The van der Waals surface area contributed by atoms with Gasteiger partial charge in [-0.1, -0.05) is 66.2 Å². The zero-order valence-corrected chi connectivity index (χ0v) is 18.7. The van der Waals surface area contributed by atoms with E-state index in [0.29, 0.717) is 39.2 Å². The number of nitrogens with zero attached hydrogens (tertiary/aromatic N) is 2. The first-order chi connectivity index (χ1) is 15.5. The normalized spacial score (nSPS) is 11.3. The highest BCUT2D eigenvalue weighted by molar-refractivity contribution is 6.35. The summed E-state index contributed by atoms with van der Waals surface area (Å²) in [6, 6.07) is 23.1. The molecule has 0 saturated carbocycles. The molecule has 0 amide bonds. The minimum atomic E-state index is 0.417. The standard InChI is InChI=1S/C26H20Cl2N4/c1-17(31-25-8-4-3-7-24(25)30)19(14-29)12-20-16-32(26-9-5-2-6-22(20)26)15-18-10-11-21(27)13-23(18)28/h2-13,16,31H,1,15,30H2/b19-12+. The number of allylic oxidation sites excluding steroid dienone is 1. The molecule has 0 aliphatic rings. The molecule has 6 heteroatoms. The second-order valence-corrected chi connectivity index (χ2v) is 8.17. The number of nitrogens with two attached hydrogens (primary N) is 1. The molecule has 0 spiro atoms. The first kappa shape index (κ1) is 21.6. The molecule has 3 N–H and O–H groups in total. The average molecular weight is 459 g/mol. The van der Waals surface area contributed by atoms with Gasteiger partial charge in [-0.15, -0.1) is 0 Å². The number of rotatable bonds is 6. The highest BCUT2D eigenvalue weighted by atomic mass is 35.5. The number of hydrogen-bond acceptors (Lipinski definition) is 3. The Labute approximate surface area is 196 Å². The van der Waals surface area contributed by atoms with Gasteiger partial charge in [0.05, 0.1) is 16.9 Å². The van der Waals surface area contributed by atoms with Gasteiger partial charge in [0, 0.05) is 45.0 Å². The Bertz CT molecular complexity index is 1390. The molecule has 4 nitrogen and oxygen atoms in total. The molecule has 158 valence electrons. The number of aromatic nitrogens is 1. The van der Waals surface area contributed by atoms with Crippen molar-refractivity contribution < 1.29 is 0 Å². The third-order valence-corrected chi connectivity index (χ3v) is 5.75. The van der Waals surface area contributed by atoms with Gasteiger partial charge in [0.15, 0.2) is 0 Å². The van der Waals surface area contributed by atoms with Crippen molar-refractivity contribution in [2.75, 3.05) is 11.1 Å². The van der Waals surface area contributed by atoms with E-state index < -0.39 is 0 Å². The number of nitrogens with one attached hydrogen (secondary N) is 1. The lowest BCUT2D eigenvalue weighted by Gasteiger charge is -2.10. The van der Waals surface area contributed by atoms with Crippen molar-refractivity contribution in [3.8, 4) is 6.07 Å². The Kier molecular flexibility index (Phi) is 6.23. The number of benzene rings is 3. The number of nitriles is 1. The summed E-state index contributed by atoms with van der Waals surface area (Å²) in [5.41, 5.74) is 11.1. The molecule has 0 atom stereocenters. The van der Waals surface area contributed by atoms with E-state index in [1.807, 2.05) is 66.9 Å². The maximum Gasteiger partial charge on any atom is 0.101 e. The lowest BCUT2D eigenvalue weighted by Crippen LogP contribution is -2.03. The minimum absolute atomic E-state index is 0.417. The molecule has 0 radical (unpaired) electrons. The minimum Gasteiger partial charge on any atom is -0.397 e. The molecule has 0 unspecified atom stereocenters. The Morgan fingerprint density at radius 3 is 2.59 bits per heavy atom. The van der Waals surface area contributed by atoms with Crippen molar-refractivity contribution in [2.24, 2.45) is 0 Å². The number of fused-ring (bicyclic) bond motifs is 1. The smallest absolute Gasteiger partial charge is 0.101 e. The van der Waals surface area contributed by atoms with E-state index in [1.165, 1.54) is 0 Å². The molecule has 4 aromatic rings. The molecular weight excluding hydrogens is 439 g/mol. The second kappa shape index (κ2) is 9.23. The molecule has 0 aliphatic heterocycles. The summed E-state index contributed by atoms with van der Waals surface area (Å²) < 4.78 is 2.11. The van der Waals surface area contributed by atoms with E-state index in [0.717, 1.165) is 22.0 Å². The van der Waals surface area contributed by atoms with Crippen LogP contribution in [0, 0.1) is 11.3 Å². The van der Waals surface area contributed by atoms with Crippen molar-refractivity contribution >= 4 is 51.6 Å². The second-order valence-electron chi connectivity index (χ2n) is 7.33. The highest BCUT2D eigenvalue weighted by Gasteiger charge is 2.12. The number of para-hydroxylation sites is 3. The van der Waals surface area contributed by atoms with Gasteiger partial charge >= 0.3 is 0 Å². The molecule has 3 aromatic carbocycles. The van der Waals surface area contributed by atoms with E-state index in [-0.39, 0.29) is 0 Å². The van der Waals surface area contributed by atoms with Gasteiger partial charge in [-0.25, -0.2) is 0 Å². The Morgan fingerprint density at radius 2 is 1.84 bits per heavy atom. The number of anilines is 2. The number of nitrogen functional groups attached to an aromatic ring is 1. The molecule has 4 rings (SSSR count). The van der Waals surface area contributed by atoms with Crippen LogP contribution >= 0.6 is 23.2 Å². The third-order valence-electron chi connectivity index (χ3n) is 5.17. The van der Waals surface area contributed by atoms with Crippen molar-refractivity contribution in [3.05, 3.63) is 112 Å². The van der Waals surface area contributed by atoms with Gasteiger partial charge in [0.2, 0.25) is 0 Å². The topological polar surface area (TPSA) is 66.8 Å². The summed E-state index contributed by atoms with van der Waals surface area (Å²) in [4.78, 5) is 0. The van der Waals surface area contributed by atoms with Crippen molar-refractivity contribution in [2.45, 2.75) is 6.54 Å². The highest BCUT2D eigenvalue weighted by Crippen LogP contribution is 2.29. The first-order valence-corrected chi connectivity index (χ1v) is 10.7. The van der Waals surface area contributed by atoms with E-state index >= 15 is 0 Å². The van der Waals surface area contributed by atoms with Crippen LogP contribution in [0.3, 0.4) is 0 Å². The molecule has 1 aromatic heterocycles. The fourth-order valence-corrected chi connectivity index (χ4v) is 4.01. The molecule has 0 bridgehead atoms. The van der Waals surface area contributed by atoms with E-state index in [2.05, 4.69) is 22.5 Å². The van der Waals surface area contributed by atoms with Gasteiger partial charge in [-0.3, -0.25) is 0 Å². The van der Waals surface area contributed by atoms with Gasteiger partial charge in [-0.05, 0) is 42.0 Å². The lowest BCUT2D eigenvalue weighted by molar-refractivity contribution is 0.836. The van der Waals surface area contributed by atoms with E-state index in [4.69, 9.17) is 28.9 Å². The molecule has 0 saturated heterocycles. The Morgan fingerprint density at radius 1 is 1.09 bits per heavy atom. The molecule has 0 fully saturated rings. The Hall–Kier alpha value is -3.65. The van der Waals surface area contributed by atoms with E-state index in [1.54, 1.807) is 12.1 Å². The largest absolute Gasteiger partial charge is 0.397 e. The van der Waals surface area contributed by atoms with Crippen molar-refractivity contribution in [1.29, 1.82) is 5.26 Å². The molecule has 32 heavy (non-hydrogen) atoms. The molecular formula is C26H20Cl2N4. The van der Waals surface area contributed by atoms with Crippen LogP contribution in [0.25, 0.3) is 17.0 Å². The quantitative estimate of drug-likeness (QED) is 0.183. The van der Waals surface area contributed by atoms with Crippen LogP contribution in [-0.2, 0) is 6.54 Å². The van der Waals surface area contributed by atoms with Crippen LogP contribution in [0.1, 0.15) is 11.1 Å². The summed E-state index contributed by atoms with van der Waals surface area (Å²) in [5.74, 6) is 0. The zero-order valence-electron chi connectivity index (χ0n) is 17.1. The van der Waals surface area contributed by atoms with Crippen molar-refractivity contribution in [1.82, 2.24) is 4.57 Å². The van der Waals surface area contributed by atoms with Gasteiger partial charge in [0.1, 0.15) is 6.07 Å². The van der Waals surface area contributed by atoms with Crippen molar-refractivity contribution in [3.63, 3.8) is 0 Å². The van der Waals surface area contributed by atoms with Crippen LogP contribution in [0.4, 0.5) is 11.4 Å². The number of halogens is 2. The summed E-state index contributed by atoms with van der Waals surface area (Å²) in [6.45, 7) is 4.61. The monoisotopic (exact) mass is 458 g/mol. The van der Waals surface area contributed by atoms with Gasteiger partial charge in [0.25, 0.3) is 0 Å². The predicted octanol–water partition coefficient (Wildman–Crippen LogP) is 7.11. The van der Waals surface area contributed by atoms with Crippen LogP contribution in [0.15, 0.2) is 90.8 Å². The lowest BCUT2D eigenvalue weighted by atomic mass is 10.1.